The molecular weight excluding hydrogens is 358 g/mol. The summed E-state index contributed by atoms with van der Waals surface area (Å²) in [6.45, 7) is 4.01. The predicted octanol–water partition coefficient (Wildman–Crippen LogP) is 2.75. The molecule has 3 amide bonds. The van der Waals surface area contributed by atoms with E-state index in [0.717, 1.165) is 47.8 Å². The Morgan fingerprint density at radius 2 is 2.04 bits per heavy atom. The normalized spacial score (nSPS) is 15.6. The number of urea groups is 1. The molecule has 0 spiro atoms. The minimum absolute atomic E-state index is 0.451. The molecule has 0 bridgehead atoms. The molecule has 1 aliphatic rings. The highest BCUT2D eigenvalue weighted by Gasteiger charge is 2.26. The van der Waals surface area contributed by atoms with Gasteiger partial charge in [0.05, 0.1) is 11.1 Å². The van der Waals surface area contributed by atoms with Gasteiger partial charge in [-0.15, -0.1) is 0 Å². The quantitative estimate of drug-likeness (QED) is 0.774. The van der Waals surface area contributed by atoms with E-state index in [1.54, 1.807) is 0 Å². The summed E-state index contributed by atoms with van der Waals surface area (Å²) < 4.78 is 5.25. The van der Waals surface area contributed by atoms with Gasteiger partial charge in [0.2, 0.25) is 0 Å². The number of fused-ring (bicyclic) bond motifs is 2. The highest BCUT2D eigenvalue weighted by molar-refractivity contribution is 6.06. The van der Waals surface area contributed by atoms with Gasteiger partial charge in [-0.05, 0) is 43.2 Å². The number of pyridine rings is 1. The van der Waals surface area contributed by atoms with Crippen LogP contribution in [-0.2, 0) is 22.4 Å². The van der Waals surface area contributed by atoms with Crippen LogP contribution in [0.1, 0.15) is 48.3 Å². The van der Waals surface area contributed by atoms with Crippen LogP contribution in [-0.4, -0.2) is 36.0 Å². The van der Waals surface area contributed by atoms with E-state index in [9.17, 15) is 14.4 Å². The van der Waals surface area contributed by atoms with Crippen molar-refractivity contribution in [2.75, 3.05) is 13.2 Å². The van der Waals surface area contributed by atoms with Crippen LogP contribution in [0.3, 0.4) is 0 Å². The summed E-state index contributed by atoms with van der Waals surface area (Å²) in [6.07, 6.45) is 3.36. The minimum Gasteiger partial charge on any atom is -0.452 e. The highest BCUT2D eigenvalue weighted by atomic mass is 16.5. The van der Waals surface area contributed by atoms with Crippen LogP contribution in [0.5, 0.6) is 0 Å². The van der Waals surface area contributed by atoms with Crippen LogP contribution in [0.4, 0.5) is 4.79 Å². The average molecular weight is 383 g/mol. The molecule has 28 heavy (non-hydrogen) atoms. The smallest absolute Gasteiger partial charge is 0.339 e. The number of nitrogens with one attached hydrogen (secondary N) is 2. The zero-order valence-electron chi connectivity index (χ0n) is 16.2. The first-order chi connectivity index (χ1) is 13.5. The Bertz CT molecular complexity index is 910. The molecule has 148 valence electrons. The van der Waals surface area contributed by atoms with E-state index in [0.29, 0.717) is 18.0 Å². The number of para-hydroxylation sites is 1. The number of hydrogen-bond acceptors (Lipinski definition) is 5. The van der Waals surface area contributed by atoms with Crippen molar-refractivity contribution in [3.05, 3.63) is 41.1 Å². The SMILES string of the molecule is CCCNC(=O)NC(=O)COC(=O)c1c2c(nc3ccccc13)CCC(C)C2. The van der Waals surface area contributed by atoms with E-state index in [2.05, 4.69) is 17.6 Å². The van der Waals surface area contributed by atoms with Gasteiger partial charge in [0, 0.05) is 17.6 Å². The molecule has 7 nitrogen and oxygen atoms in total. The fraction of sp³-hybridized carbons (Fsp3) is 0.429. The van der Waals surface area contributed by atoms with Crippen LogP contribution in [0.25, 0.3) is 10.9 Å². The number of rotatable bonds is 5. The van der Waals surface area contributed by atoms with Crippen LogP contribution >= 0.6 is 0 Å². The monoisotopic (exact) mass is 383 g/mol. The largest absolute Gasteiger partial charge is 0.452 e. The Morgan fingerprint density at radius 1 is 1.25 bits per heavy atom. The van der Waals surface area contributed by atoms with E-state index in [1.807, 2.05) is 31.2 Å². The van der Waals surface area contributed by atoms with Gasteiger partial charge in [0.1, 0.15) is 0 Å². The maximum Gasteiger partial charge on any atom is 0.339 e. The van der Waals surface area contributed by atoms with Gasteiger partial charge in [0.25, 0.3) is 5.91 Å². The second-order valence-electron chi connectivity index (χ2n) is 7.16. The molecule has 0 aliphatic heterocycles. The molecular formula is C21H25N3O4. The van der Waals surface area contributed by atoms with E-state index in [-0.39, 0.29) is 0 Å². The van der Waals surface area contributed by atoms with Crippen molar-refractivity contribution in [3.8, 4) is 0 Å². The van der Waals surface area contributed by atoms with Crippen LogP contribution in [0, 0.1) is 5.92 Å². The molecule has 1 aromatic heterocycles. The molecule has 0 saturated heterocycles. The molecule has 0 fully saturated rings. The average Bonchev–Trinajstić information content (AvgIpc) is 2.68. The number of imide groups is 1. The van der Waals surface area contributed by atoms with Gasteiger partial charge in [-0.25, -0.2) is 9.59 Å². The van der Waals surface area contributed by atoms with Gasteiger partial charge in [-0.2, -0.15) is 0 Å². The lowest BCUT2D eigenvalue weighted by Gasteiger charge is -2.24. The number of carbonyl (C=O) groups excluding carboxylic acids is 3. The van der Waals surface area contributed by atoms with Crippen molar-refractivity contribution in [3.63, 3.8) is 0 Å². The zero-order chi connectivity index (χ0) is 20.1. The lowest BCUT2D eigenvalue weighted by molar-refractivity contribution is -0.123. The highest BCUT2D eigenvalue weighted by Crippen LogP contribution is 2.31. The van der Waals surface area contributed by atoms with Gasteiger partial charge in [0.15, 0.2) is 6.61 Å². The molecule has 0 radical (unpaired) electrons. The summed E-state index contributed by atoms with van der Waals surface area (Å²) in [7, 11) is 0. The Hall–Kier alpha value is -2.96. The molecule has 1 unspecified atom stereocenters. The first-order valence-electron chi connectivity index (χ1n) is 9.64. The van der Waals surface area contributed by atoms with E-state index >= 15 is 0 Å². The molecule has 1 atom stereocenters. The van der Waals surface area contributed by atoms with Gasteiger partial charge in [-0.3, -0.25) is 15.1 Å². The van der Waals surface area contributed by atoms with Crippen molar-refractivity contribution >= 4 is 28.8 Å². The third-order valence-corrected chi connectivity index (χ3v) is 4.83. The van der Waals surface area contributed by atoms with Crippen LogP contribution < -0.4 is 10.6 Å². The second kappa shape index (κ2) is 8.82. The van der Waals surface area contributed by atoms with Gasteiger partial charge in [-0.1, -0.05) is 32.0 Å². The zero-order valence-corrected chi connectivity index (χ0v) is 16.2. The fourth-order valence-electron chi connectivity index (χ4n) is 3.44. The summed E-state index contributed by atoms with van der Waals surface area (Å²) >= 11 is 0. The number of benzene rings is 1. The summed E-state index contributed by atoms with van der Waals surface area (Å²) in [5, 5.41) is 5.41. The Labute approximate surface area is 163 Å². The number of esters is 1. The first kappa shape index (κ1) is 19.8. The van der Waals surface area contributed by atoms with Crippen molar-refractivity contribution < 1.29 is 19.1 Å². The number of nitrogens with zero attached hydrogens (tertiary/aromatic N) is 1. The van der Waals surface area contributed by atoms with Crippen molar-refractivity contribution in [2.45, 2.75) is 39.5 Å². The van der Waals surface area contributed by atoms with E-state index in [1.165, 1.54) is 0 Å². The molecule has 7 heteroatoms. The van der Waals surface area contributed by atoms with E-state index in [4.69, 9.17) is 9.72 Å². The number of ether oxygens (including phenoxy) is 1. The first-order valence-corrected chi connectivity index (χ1v) is 9.64. The Balaban J connectivity index is 1.78. The van der Waals surface area contributed by atoms with Crippen molar-refractivity contribution in [1.29, 1.82) is 0 Å². The number of hydrogen-bond donors (Lipinski definition) is 2. The third-order valence-electron chi connectivity index (χ3n) is 4.83. The number of aryl methyl sites for hydroxylation is 1. The number of carbonyl (C=O) groups is 3. The van der Waals surface area contributed by atoms with Gasteiger partial charge < -0.3 is 10.1 Å². The maximum atomic E-state index is 12.9. The molecule has 2 N–H and O–H groups in total. The number of amides is 3. The lowest BCUT2D eigenvalue weighted by Crippen LogP contribution is -2.41. The second-order valence-corrected chi connectivity index (χ2v) is 7.16. The fourth-order valence-corrected chi connectivity index (χ4v) is 3.44. The maximum absolute atomic E-state index is 12.9. The standard InChI is InChI=1S/C21H25N3O4/c1-3-10-22-21(27)24-18(25)12-28-20(26)19-14-6-4-5-7-16(14)23-17-9-8-13(2)11-15(17)19/h4-7,13H,3,8-12H2,1-2H3,(H2,22,24,25,27). The lowest BCUT2D eigenvalue weighted by atomic mass is 9.84. The summed E-state index contributed by atoms with van der Waals surface area (Å²) in [6, 6.07) is 6.85. The topological polar surface area (TPSA) is 97.4 Å². The third kappa shape index (κ3) is 4.47. The summed E-state index contributed by atoms with van der Waals surface area (Å²) in [4.78, 5) is 41.0. The Kier molecular flexibility index (Phi) is 6.23. The molecule has 3 rings (SSSR count). The summed E-state index contributed by atoms with van der Waals surface area (Å²) in [5.74, 6) is -0.775. The molecule has 0 saturated carbocycles. The predicted molar refractivity (Wildman–Crippen MR) is 105 cm³/mol. The van der Waals surface area contributed by atoms with Crippen LogP contribution in [0.15, 0.2) is 24.3 Å². The minimum atomic E-state index is -0.664. The summed E-state index contributed by atoms with van der Waals surface area (Å²) in [5.41, 5.74) is 3.05. The Morgan fingerprint density at radius 3 is 2.82 bits per heavy atom. The van der Waals surface area contributed by atoms with Gasteiger partial charge >= 0.3 is 12.0 Å². The molecule has 1 aliphatic carbocycles. The molecule has 2 aromatic rings. The van der Waals surface area contributed by atoms with Crippen molar-refractivity contribution in [2.24, 2.45) is 5.92 Å². The van der Waals surface area contributed by atoms with Crippen molar-refractivity contribution in [1.82, 2.24) is 15.6 Å². The molecule has 1 heterocycles. The molecule has 1 aromatic carbocycles. The van der Waals surface area contributed by atoms with E-state index < -0.39 is 24.5 Å². The number of aromatic nitrogens is 1. The van der Waals surface area contributed by atoms with Crippen LogP contribution in [0.2, 0.25) is 0 Å².